The minimum Gasteiger partial charge on any atom is -0.497 e. The van der Waals surface area contributed by atoms with Gasteiger partial charge in [-0.3, -0.25) is 15.5 Å². The molecule has 0 spiro atoms. The molecule has 300 valence electrons. The van der Waals surface area contributed by atoms with E-state index in [0.29, 0.717) is 30.5 Å². The van der Waals surface area contributed by atoms with Crippen LogP contribution in [-0.2, 0) is 23.7 Å². The molecule has 1 atom stereocenters. The Kier molecular flexibility index (Phi) is 16.1. The lowest BCUT2D eigenvalue weighted by Crippen LogP contribution is -2.31. The zero-order chi connectivity index (χ0) is 40.5. The second-order valence-corrected chi connectivity index (χ2v) is 11.8. The first-order valence-corrected chi connectivity index (χ1v) is 17.8. The Hall–Kier alpha value is -6.53. The normalized spacial score (nSPS) is 11.3. The molecule has 18 nitrogen and oxygen atoms in total. The molecule has 0 unspecified atom stereocenters. The van der Waals surface area contributed by atoms with E-state index < -0.39 is 36.9 Å². The highest BCUT2D eigenvalue weighted by Gasteiger charge is 2.29. The van der Waals surface area contributed by atoms with Gasteiger partial charge in [0, 0.05) is 42.2 Å². The van der Waals surface area contributed by atoms with Crippen molar-refractivity contribution in [2.24, 2.45) is 0 Å². The number of methoxy groups -OCH3 is 1. The molecule has 0 aliphatic rings. The number of nitrogens with one attached hydrogen (secondary N) is 3. The molecule has 2 aromatic carbocycles. The Labute approximate surface area is 322 Å². The average molecular weight is 781 g/mol. The summed E-state index contributed by atoms with van der Waals surface area (Å²) in [5, 5.41) is 18.5. The minimum atomic E-state index is -1.20. The van der Waals surface area contributed by atoms with E-state index in [1.54, 1.807) is 30.3 Å². The van der Waals surface area contributed by atoms with Crippen LogP contribution < -0.4 is 24.8 Å². The van der Waals surface area contributed by atoms with Gasteiger partial charge < -0.3 is 38.5 Å². The van der Waals surface area contributed by atoms with Crippen molar-refractivity contribution in [3.8, 4) is 23.5 Å². The summed E-state index contributed by atoms with van der Waals surface area (Å²) in [5.41, 5.74) is 0.735. The minimum absolute atomic E-state index is 0.0313. The van der Waals surface area contributed by atoms with Crippen molar-refractivity contribution in [2.75, 3.05) is 39.0 Å². The number of nitrogens with zero attached hydrogens (tertiary/aromatic N) is 5. The van der Waals surface area contributed by atoms with Gasteiger partial charge in [0.15, 0.2) is 17.4 Å². The predicted molar refractivity (Wildman–Crippen MR) is 198 cm³/mol. The van der Waals surface area contributed by atoms with Crippen LogP contribution in [0.5, 0.6) is 17.5 Å². The highest BCUT2D eigenvalue weighted by Crippen LogP contribution is 2.36. The first kappa shape index (κ1) is 42.2. The number of aromatic nitrogens is 5. The van der Waals surface area contributed by atoms with Crippen LogP contribution in [0.2, 0.25) is 0 Å². The quantitative estimate of drug-likeness (QED) is 0.0238. The molecule has 19 heteroatoms. The monoisotopic (exact) mass is 780 g/mol. The largest absolute Gasteiger partial charge is 0.511 e. The molecule has 2 aromatic heterocycles. The van der Waals surface area contributed by atoms with E-state index >= 15 is 4.39 Å². The Bertz CT molecular complexity index is 1910. The van der Waals surface area contributed by atoms with Gasteiger partial charge in [0.2, 0.25) is 6.79 Å². The summed E-state index contributed by atoms with van der Waals surface area (Å²) < 4.78 is 54.9. The molecule has 1 amide bonds. The van der Waals surface area contributed by atoms with Gasteiger partial charge in [-0.2, -0.15) is 4.98 Å². The molecule has 0 saturated heterocycles. The SMILES string of the molecule is CCCCOC(=O)NC(=N)c1ccc(N[C@@H](c2nc(OCOC(=O)OC(CC)CC)n(-c3ncccn3)n2)c2cc(OC)cc(OCCOC(C)=O)c2F)cc1. The fraction of sp³-hybridized carbons (Fsp3) is 0.405. The van der Waals surface area contributed by atoms with Gasteiger partial charge in [0.25, 0.3) is 5.95 Å². The summed E-state index contributed by atoms with van der Waals surface area (Å²) in [4.78, 5) is 48.7. The molecule has 2 heterocycles. The summed E-state index contributed by atoms with van der Waals surface area (Å²) in [5.74, 6) is -1.57. The van der Waals surface area contributed by atoms with Crippen LogP contribution in [0.15, 0.2) is 54.9 Å². The smallest absolute Gasteiger partial charge is 0.497 e. The van der Waals surface area contributed by atoms with E-state index in [-0.39, 0.29) is 66.6 Å². The Morgan fingerprint density at radius 3 is 2.34 bits per heavy atom. The molecule has 4 aromatic rings. The third kappa shape index (κ3) is 12.3. The van der Waals surface area contributed by atoms with Gasteiger partial charge >= 0.3 is 24.2 Å². The topological polar surface area (TPSA) is 220 Å². The molecule has 56 heavy (non-hydrogen) atoms. The molecule has 3 N–H and O–H groups in total. The first-order valence-electron chi connectivity index (χ1n) is 17.8. The number of benzene rings is 2. The molecule has 0 aliphatic carbocycles. The number of alkyl carbamates (subject to hydrolysis) is 1. The van der Waals surface area contributed by atoms with Crippen LogP contribution in [-0.4, -0.2) is 88.6 Å². The number of unbranched alkanes of at least 4 members (excludes halogenated alkanes) is 1. The van der Waals surface area contributed by atoms with E-state index in [2.05, 4.69) is 30.7 Å². The molecule has 0 aliphatic heterocycles. The summed E-state index contributed by atoms with van der Waals surface area (Å²) in [6.07, 6.45) is 3.63. The van der Waals surface area contributed by atoms with Gasteiger partial charge in [0.05, 0.1) is 13.7 Å². The number of rotatable bonds is 20. The van der Waals surface area contributed by atoms with Crippen LogP contribution in [0.25, 0.3) is 5.95 Å². The Morgan fingerprint density at radius 2 is 1.68 bits per heavy atom. The zero-order valence-corrected chi connectivity index (χ0v) is 31.7. The molecule has 4 rings (SSSR count). The van der Waals surface area contributed by atoms with Crippen LogP contribution >= 0.6 is 0 Å². The fourth-order valence-corrected chi connectivity index (χ4v) is 4.88. The first-order chi connectivity index (χ1) is 27.1. The van der Waals surface area contributed by atoms with Crippen LogP contribution in [0.4, 0.5) is 19.7 Å². The van der Waals surface area contributed by atoms with Gasteiger partial charge in [-0.15, -0.1) is 9.78 Å². The molecule has 0 saturated carbocycles. The molecular weight excluding hydrogens is 735 g/mol. The molecule has 0 fully saturated rings. The number of anilines is 1. The van der Waals surface area contributed by atoms with Crippen molar-refractivity contribution >= 4 is 29.7 Å². The van der Waals surface area contributed by atoms with E-state index in [4.69, 9.17) is 38.6 Å². The lowest BCUT2D eigenvalue weighted by molar-refractivity contribution is -0.141. The number of carbonyl (C=O) groups is 3. The number of halogens is 1. The van der Waals surface area contributed by atoms with E-state index in [0.717, 1.165) is 11.1 Å². The van der Waals surface area contributed by atoms with Crippen molar-refractivity contribution in [3.63, 3.8) is 0 Å². The third-order valence-corrected chi connectivity index (χ3v) is 7.81. The van der Waals surface area contributed by atoms with Crippen molar-refractivity contribution in [3.05, 3.63) is 77.6 Å². The molecule has 0 radical (unpaired) electrons. The second kappa shape index (κ2) is 21.4. The maximum atomic E-state index is 16.5. The lowest BCUT2D eigenvalue weighted by Gasteiger charge is -2.21. The van der Waals surface area contributed by atoms with E-state index in [9.17, 15) is 14.4 Å². The van der Waals surface area contributed by atoms with E-state index in [1.165, 1.54) is 38.6 Å². The van der Waals surface area contributed by atoms with Crippen LogP contribution in [0.1, 0.15) is 76.4 Å². The standard InChI is InChI=1S/C37H45FN8O10/c1-6-9-17-53-36(48)43-32(39)24-11-13-25(14-12-24)42-31(28-20-27(50-5)21-29(30(28)38)52-19-18-51-23(4)47)33-44-35(46(45-33)34-40-15-10-16-41-34)54-22-55-37(49)56-26(7-2)8-3/h10-16,20-21,26,31,42H,6-9,17-19,22H2,1-5H3,(H2,39,43,48)/t31-/m1/s1. The third-order valence-electron chi connectivity index (χ3n) is 7.81. The number of carbonyl (C=O) groups excluding carboxylic acids is 3. The number of hydrogen-bond donors (Lipinski definition) is 3. The maximum absolute atomic E-state index is 16.5. The van der Waals surface area contributed by atoms with Gasteiger partial charge in [0.1, 0.15) is 36.9 Å². The highest BCUT2D eigenvalue weighted by molar-refractivity contribution is 6.04. The average Bonchev–Trinajstić information content (AvgIpc) is 3.62. The lowest BCUT2D eigenvalue weighted by atomic mass is 10.0. The van der Waals surface area contributed by atoms with Gasteiger partial charge in [-0.1, -0.05) is 27.2 Å². The number of ether oxygens (including phenoxy) is 7. The van der Waals surface area contributed by atoms with Crippen LogP contribution in [0, 0.1) is 11.2 Å². The second-order valence-electron chi connectivity index (χ2n) is 11.8. The predicted octanol–water partition coefficient (Wildman–Crippen LogP) is 5.88. The summed E-state index contributed by atoms with van der Waals surface area (Å²) >= 11 is 0. The number of amidine groups is 1. The van der Waals surface area contributed by atoms with Crippen LogP contribution in [0.3, 0.4) is 0 Å². The maximum Gasteiger partial charge on any atom is 0.511 e. The van der Waals surface area contributed by atoms with Gasteiger partial charge in [-0.25, -0.2) is 23.9 Å². The number of amides is 1. The van der Waals surface area contributed by atoms with Crippen molar-refractivity contribution in [2.45, 2.75) is 65.5 Å². The highest BCUT2D eigenvalue weighted by atomic mass is 19.1. The van der Waals surface area contributed by atoms with E-state index in [1.807, 2.05) is 20.8 Å². The van der Waals surface area contributed by atoms with Crippen molar-refractivity contribution in [1.29, 1.82) is 5.41 Å². The molecular formula is C37H45FN8O10. The van der Waals surface area contributed by atoms with Gasteiger partial charge in [-0.05, 0) is 55.7 Å². The Morgan fingerprint density at radius 1 is 0.946 bits per heavy atom. The summed E-state index contributed by atoms with van der Waals surface area (Å²) in [7, 11) is 1.39. The van der Waals surface area contributed by atoms with Crippen molar-refractivity contribution < 1.29 is 51.9 Å². The summed E-state index contributed by atoms with van der Waals surface area (Å²) in [6.45, 7) is 6.27. The number of esters is 1. The van der Waals surface area contributed by atoms with Crippen molar-refractivity contribution in [1.82, 2.24) is 30.0 Å². The summed E-state index contributed by atoms with van der Waals surface area (Å²) in [6, 6.07) is 9.26. The molecule has 0 bridgehead atoms. The zero-order valence-electron chi connectivity index (χ0n) is 31.7. The Balaban J connectivity index is 1.72. The number of hydrogen-bond acceptors (Lipinski definition) is 16. The fourth-order valence-electron chi connectivity index (χ4n) is 4.88.